The van der Waals surface area contributed by atoms with Crippen LogP contribution < -0.4 is 5.06 Å². The minimum atomic E-state index is -0.530. The molecule has 0 radical (unpaired) electrons. The van der Waals surface area contributed by atoms with Crippen molar-refractivity contribution in [1.29, 1.82) is 0 Å². The van der Waals surface area contributed by atoms with Gasteiger partial charge in [0.05, 0.1) is 5.69 Å². The van der Waals surface area contributed by atoms with Crippen molar-refractivity contribution in [3.8, 4) is 0 Å². The van der Waals surface area contributed by atoms with Gasteiger partial charge in [-0.15, -0.1) is 5.06 Å². The summed E-state index contributed by atoms with van der Waals surface area (Å²) in [4.78, 5) is 28.5. The molecule has 1 aliphatic rings. The summed E-state index contributed by atoms with van der Waals surface area (Å²) in [7, 11) is 0. The number of aromatic nitrogens is 2. The molecule has 3 rings (SSSR count). The predicted octanol–water partition coefficient (Wildman–Crippen LogP) is 4.33. The number of anilines is 2. The van der Waals surface area contributed by atoms with Gasteiger partial charge >= 0.3 is 6.09 Å². The normalized spacial score (nSPS) is 13.4. The van der Waals surface area contributed by atoms with Gasteiger partial charge in [-0.3, -0.25) is 0 Å². The average Bonchev–Trinajstić information content (AvgIpc) is 3.45. The van der Waals surface area contributed by atoms with Gasteiger partial charge in [-0.25, -0.2) is 19.2 Å². The van der Waals surface area contributed by atoms with Gasteiger partial charge in [0.15, 0.2) is 0 Å². The zero-order valence-electron chi connectivity index (χ0n) is 15.3. The lowest BCUT2D eigenvalue weighted by Gasteiger charge is -2.25. The van der Waals surface area contributed by atoms with Crippen LogP contribution in [0.4, 0.5) is 20.8 Å². The minimum absolute atomic E-state index is 0.234. The van der Waals surface area contributed by atoms with Crippen LogP contribution in [0.5, 0.6) is 0 Å². The molecule has 2 aromatic rings. The van der Waals surface area contributed by atoms with Crippen molar-refractivity contribution in [3.63, 3.8) is 0 Å². The fourth-order valence-corrected chi connectivity index (χ4v) is 2.68. The molecule has 0 spiro atoms. The molecule has 1 aliphatic carbocycles. The predicted molar refractivity (Wildman–Crippen MR) is 96.7 cm³/mol. The molecular formula is C19H23FN4O2. The standard InChI is InChI=1S/C19H23FN4O2/c1-4-23(5-2)19(25)26-24(16-8-6-7-15(20)12-16)18-21-13(3)11-17(22-18)14-9-10-14/h6-8,11-12,14H,4-5,9-10H2,1-3H3. The van der Waals surface area contributed by atoms with E-state index in [1.54, 1.807) is 12.1 Å². The number of carbonyl (C=O) groups excluding carboxylic acids is 1. The number of rotatable bonds is 6. The molecule has 26 heavy (non-hydrogen) atoms. The summed E-state index contributed by atoms with van der Waals surface area (Å²) in [5.41, 5.74) is 2.06. The third-order valence-corrected chi connectivity index (χ3v) is 4.27. The van der Waals surface area contributed by atoms with Crippen molar-refractivity contribution in [2.24, 2.45) is 0 Å². The largest absolute Gasteiger partial charge is 0.434 e. The quantitative estimate of drug-likeness (QED) is 0.719. The highest BCUT2D eigenvalue weighted by Gasteiger charge is 2.28. The summed E-state index contributed by atoms with van der Waals surface area (Å²) in [6, 6.07) is 7.78. The van der Waals surface area contributed by atoms with Crippen LogP contribution >= 0.6 is 0 Å². The maximum atomic E-state index is 13.7. The molecule has 1 heterocycles. The first-order chi connectivity index (χ1) is 12.5. The Hall–Kier alpha value is -2.70. The van der Waals surface area contributed by atoms with E-state index in [4.69, 9.17) is 4.84 Å². The van der Waals surface area contributed by atoms with E-state index in [9.17, 15) is 9.18 Å². The molecule has 1 fully saturated rings. The summed E-state index contributed by atoms with van der Waals surface area (Å²) < 4.78 is 13.7. The molecule has 0 bridgehead atoms. The van der Waals surface area contributed by atoms with E-state index in [2.05, 4.69) is 9.97 Å². The van der Waals surface area contributed by atoms with E-state index < -0.39 is 11.9 Å². The van der Waals surface area contributed by atoms with Crippen LogP contribution in [-0.2, 0) is 4.84 Å². The molecule has 1 aromatic carbocycles. The monoisotopic (exact) mass is 358 g/mol. The minimum Gasteiger partial charge on any atom is -0.313 e. The first kappa shape index (κ1) is 18.1. The third-order valence-electron chi connectivity index (χ3n) is 4.27. The van der Waals surface area contributed by atoms with Crippen molar-refractivity contribution in [1.82, 2.24) is 14.9 Å². The highest BCUT2D eigenvalue weighted by atomic mass is 19.1. The maximum absolute atomic E-state index is 13.7. The number of benzene rings is 1. The molecule has 0 atom stereocenters. The number of nitrogens with zero attached hydrogens (tertiary/aromatic N) is 4. The van der Waals surface area contributed by atoms with E-state index >= 15 is 0 Å². The SMILES string of the molecule is CCN(CC)C(=O)ON(c1cccc(F)c1)c1nc(C)cc(C2CC2)n1. The second kappa shape index (κ2) is 7.68. The molecule has 138 valence electrons. The Balaban J connectivity index is 1.99. The Morgan fingerprint density at radius 1 is 1.23 bits per heavy atom. The molecule has 0 saturated heterocycles. The molecule has 0 unspecified atom stereocenters. The molecule has 6 nitrogen and oxygen atoms in total. The number of halogens is 1. The fourth-order valence-electron chi connectivity index (χ4n) is 2.68. The van der Waals surface area contributed by atoms with E-state index in [0.717, 1.165) is 24.2 Å². The number of hydrogen-bond acceptors (Lipinski definition) is 5. The van der Waals surface area contributed by atoms with Gasteiger partial charge < -0.3 is 9.74 Å². The first-order valence-electron chi connectivity index (χ1n) is 8.90. The van der Waals surface area contributed by atoms with E-state index in [1.165, 1.54) is 22.1 Å². The van der Waals surface area contributed by atoms with E-state index in [1.807, 2.05) is 26.8 Å². The van der Waals surface area contributed by atoms with E-state index in [-0.39, 0.29) is 5.95 Å². The summed E-state index contributed by atoms with van der Waals surface area (Å²) in [6.07, 6.45) is 1.65. The second-order valence-electron chi connectivity index (χ2n) is 6.31. The maximum Gasteiger partial charge on any atom is 0.434 e. The summed E-state index contributed by atoms with van der Waals surface area (Å²) >= 11 is 0. The number of aryl methyl sites for hydroxylation is 1. The van der Waals surface area contributed by atoms with Gasteiger partial charge in [-0.05, 0) is 51.8 Å². The van der Waals surface area contributed by atoms with Crippen LogP contribution in [0.25, 0.3) is 0 Å². The van der Waals surface area contributed by atoms with Crippen molar-refractivity contribution < 1.29 is 14.0 Å². The zero-order valence-corrected chi connectivity index (χ0v) is 15.3. The molecule has 1 aromatic heterocycles. The molecule has 0 aliphatic heterocycles. The van der Waals surface area contributed by atoms with Crippen LogP contribution in [0.2, 0.25) is 0 Å². The Morgan fingerprint density at radius 2 is 1.96 bits per heavy atom. The van der Waals surface area contributed by atoms with Gasteiger partial charge in [0, 0.05) is 36.5 Å². The van der Waals surface area contributed by atoms with Crippen LogP contribution in [0.3, 0.4) is 0 Å². The van der Waals surface area contributed by atoms with Crippen molar-refractivity contribution in [2.75, 3.05) is 18.2 Å². The fraction of sp³-hybridized carbons (Fsp3) is 0.421. The molecule has 1 saturated carbocycles. The van der Waals surface area contributed by atoms with Gasteiger partial charge in [0.1, 0.15) is 5.82 Å². The lowest BCUT2D eigenvalue weighted by molar-refractivity contribution is 0.105. The lowest BCUT2D eigenvalue weighted by Crippen LogP contribution is -2.36. The zero-order chi connectivity index (χ0) is 18.7. The number of hydrogen-bond donors (Lipinski definition) is 0. The number of carbonyl (C=O) groups is 1. The Labute approximate surface area is 152 Å². The van der Waals surface area contributed by atoms with Crippen LogP contribution in [0.1, 0.15) is 44.0 Å². The lowest BCUT2D eigenvalue weighted by atomic mass is 10.2. The highest BCUT2D eigenvalue weighted by molar-refractivity contribution is 5.71. The molecule has 0 N–H and O–H groups in total. The van der Waals surface area contributed by atoms with Crippen molar-refractivity contribution in [2.45, 2.75) is 39.5 Å². The molecule has 7 heteroatoms. The second-order valence-corrected chi connectivity index (χ2v) is 6.31. The van der Waals surface area contributed by atoms with Gasteiger partial charge in [-0.2, -0.15) is 0 Å². The Morgan fingerprint density at radius 3 is 2.58 bits per heavy atom. The van der Waals surface area contributed by atoms with Gasteiger partial charge in [0.25, 0.3) is 5.95 Å². The number of amides is 1. The average molecular weight is 358 g/mol. The first-order valence-corrected chi connectivity index (χ1v) is 8.90. The van der Waals surface area contributed by atoms with Crippen molar-refractivity contribution >= 4 is 17.7 Å². The Kier molecular flexibility index (Phi) is 5.35. The smallest absolute Gasteiger partial charge is 0.313 e. The Bertz CT molecular complexity index is 791. The van der Waals surface area contributed by atoms with Crippen LogP contribution in [0.15, 0.2) is 30.3 Å². The summed E-state index contributed by atoms with van der Waals surface area (Å²) in [5, 5.41) is 1.21. The molecular weight excluding hydrogens is 335 g/mol. The van der Waals surface area contributed by atoms with Crippen LogP contribution in [-0.4, -0.2) is 34.1 Å². The molecule has 1 amide bonds. The van der Waals surface area contributed by atoms with Gasteiger partial charge in [0.2, 0.25) is 0 Å². The highest BCUT2D eigenvalue weighted by Crippen LogP contribution is 2.40. The topological polar surface area (TPSA) is 58.6 Å². The van der Waals surface area contributed by atoms with Gasteiger partial charge in [-0.1, -0.05) is 6.07 Å². The third kappa shape index (κ3) is 4.09. The summed E-state index contributed by atoms with van der Waals surface area (Å²) in [6.45, 7) is 6.62. The van der Waals surface area contributed by atoms with Crippen molar-refractivity contribution in [3.05, 3.63) is 47.5 Å². The van der Waals surface area contributed by atoms with Crippen LogP contribution in [0, 0.1) is 12.7 Å². The summed E-state index contributed by atoms with van der Waals surface area (Å²) in [5.74, 6) is 0.225. The van der Waals surface area contributed by atoms with E-state index in [0.29, 0.717) is 24.7 Å².